The second-order valence-electron chi connectivity index (χ2n) is 8.61. The van der Waals surface area contributed by atoms with Crippen molar-refractivity contribution in [1.29, 1.82) is 0 Å². The SMILES string of the molecule is CCC.CCC.CCC.CCC.COc1c(-n2nc3ccccc3n2)cccc1-n1nc2ccccc2n1. The highest BCUT2D eigenvalue weighted by Crippen LogP contribution is 2.30. The summed E-state index contributed by atoms with van der Waals surface area (Å²) in [6, 6.07) is 21.2. The number of para-hydroxylation sites is 1. The minimum Gasteiger partial charge on any atom is -0.492 e. The van der Waals surface area contributed by atoms with Crippen LogP contribution >= 0.6 is 0 Å². The zero-order chi connectivity index (χ0) is 28.3. The lowest BCUT2D eigenvalue weighted by Gasteiger charge is -2.11. The number of hydrogen-bond donors (Lipinski definition) is 0. The normalized spacial score (nSPS) is 9.61. The van der Waals surface area contributed by atoms with Crippen LogP contribution in [0.3, 0.4) is 0 Å². The van der Waals surface area contributed by atoms with E-state index in [-0.39, 0.29) is 0 Å². The predicted molar refractivity (Wildman–Crippen MR) is 162 cm³/mol. The van der Waals surface area contributed by atoms with E-state index in [0.29, 0.717) is 5.75 Å². The number of methoxy groups -OCH3 is 1. The van der Waals surface area contributed by atoms with Gasteiger partial charge in [0.25, 0.3) is 0 Å². The first kappa shape index (κ1) is 32.3. The molecule has 0 spiro atoms. The van der Waals surface area contributed by atoms with Crippen molar-refractivity contribution in [3.05, 3.63) is 66.7 Å². The summed E-state index contributed by atoms with van der Waals surface area (Å²) in [7, 11) is 1.62. The Labute approximate surface area is 228 Å². The van der Waals surface area contributed by atoms with Crippen LogP contribution in [0.1, 0.15) is 81.1 Å². The molecule has 0 amide bonds. The number of fused-ring (bicyclic) bond motifs is 2. The fraction of sp³-hybridized carbons (Fsp3) is 0.419. The van der Waals surface area contributed by atoms with E-state index in [4.69, 9.17) is 4.74 Å². The minimum atomic E-state index is 0.605. The van der Waals surface area contributed by atoms with Crippen molar-refractivity contribution in [2.24, 2.45) is 0 Å². The molecule has 0 aliphatic carbocycles. The highest BCUT2D eigenvalue weighted by molar-refractivity contribution is 5.75. The van der Waals surface area contributed by atoms with Gasteiger partial charge in [-0.15, -0.1) is 30.0 Å². The van der Waals surface area contributed by atoms with Crippen molar-refractivity contribution in [3.63, 3.8) is 0 Å². The van der Waals surface area contributed by atoms with Crippen molar-refractivity contribution in [2.45, 2.75) is 81.1 Å². The first-order valence-corrected chi connectivity index (χ1v) is 13.8. The molecule has 7 nitrogen and oxygen atoms in total. The van der Waals surface area contributed by atoms with Gasteiger partial charge in [0.2, 0.25) is 0 Å². The Morgan fingerprint density at radius 3 is 0.974 bits per heavy atom. The van der Waals surface area contributed by atoms with Gasteiger partial charge < -0.3 is 4.74 Å². The van der Waals surface area contributed by atoms with Gasteiger partial charge in [-0.3, -0.25) is 0 Å². The molecule has 0 aliphatic heterocycles. The molecule has 0 saturated heterocycles. The summed E-state index contributed by atoms with van der Waals surface area (Å²) in [4.78, 5) is 3.16. The van der Waals surface area contributed by atoms with Crippen LogP contribution in [0.4, 0.5) is 0 Å². The molecular weight excluding hydrogens is 472 g/mol. The van der Waals surface area contributed by atoms with Crippen LogP contribution in [0.5, 0.6) is 5.75 Å². The average molecular weight is 519 g/mol. The smallest absolute Gasteiger partial charge is 0.173 e. The number of benzene rings is 3. The third-order valence-corrected chi connectivity index (χ3v) is 4.18. The van der Waals surface area contributed by atoms with Crippen LogP contribution in [0.15, 0.2) is 66.7 Å². The molecule has 0 aliphatic rings. The van der Waals surface area contributed by atoms with E-state index in [0.717, 1.165) is 33.4 Å². The fourth-order valence-electron chi connectivity index (χ4n) is 2.97. The van der Waals surface area contributed by atoms with Crippen LogP contribution in [-0.4, -0.2) is 37.1 Å². The van der Waals surface area contributed by atoms with Crippen LogP contribution in [-0.2, 0) is 0 Å². The van der Waals surface area contributed by atoms with E-state index in [2.05, 4.69) is 75.8 Å². The molecule has 0 N–H and O–H groups in total. The molecule has 5 aromatic rings. The Kier molecular flexibility index (Phi) is 15.7. The van der Waals surface area contributed by atoms with E-state index in [1.807, 2.05) is 66.7 Å². The van der Waals surface area contributed by atoms with Crippen molar-refractivity contribution >= 4 is 22.1 Å². The lowest BCUT2D eigenvalue weighted by molar-refractivity contribution is 0.405. The summed E-state index contributed by atoms with van der Waals surface area (Å²) < 4.78 is 5.68. The Balaban J connectivity index is 0.000000518. The van der Waals surface area contributed by atoms with E-state index in [1.165, 1.54) is 25.7 Å². The van der Waals surface area contributed by atoms with Crippen molar-refractivity contribution in [1.82, 2.24) is 30.0 Å². The summed E-state index contributed by atoms with van der Waals surface area (Å²) in [5.41, 5.74) is 4.74. The summed E-state index contributed by atoms with van der Waals surface area (Å²) in [6.45, 7) is 17.0. The van der Waals surface area contributed by atoms with Gasteiger partial charge in [-0.25, -0.2) is 0 Å². The maximum atomic E-state index is 5.68. The monoisotopic (exact) mass is 518 g/mol. The molecule has 2 heterocycles. The third kappa shape index (κ3) is 9.29. The maximum Gasteiger partial charge on any atom is 0.173 e. The highest BCUT2D eigenvalue weighted by Gasteiger charge is 2.16. The zero-order valence-electron chi connectivity index (χ0n) is 24.8. The predicted octanol–water partition coefficient (Wildman–Crippen LogP) is 8.83. The topological polar surface area (TPSA) is 70.7 Å². The lowest BCUT2D eigenvalue weighted by atomic mass is 10.2. The molecule has 7 heteroatoms. The second-order valence-corrected chi connectivity index (χ2v) is 8.61. The standard InChI is InChI=1S/C19H14N6O.4C3H8/c1-26-19-17(24-20-13-7-2-3-8-14(13)21-24)11-6-12-18(19)25-22-15-9-4-5-10-16(15)23-25;4*1-3-2/h2-12H,1H3;4*3H2,1-2H3. The third-order valence-electron chi connectivity index (χ3n) is 4.18. The first-order chi connectivity index (χ1) is 18.5. The molecule has 0 radical (unpaired) electrons. The Morgan fingerprint density at radius 1 is 0.474 bits per heavy atom. The first-order valence-electron chi connectivity index (χ1n) is 13.8. The Bertz CT molecular complexity index is 1140. The highest BCUT2D eigenvalue weighted by atomic mass is 16.5. The van der Waals surface area contributed by atoms with Gasteiger partial charge in [0.05, 0.1) is 7.11 Å². The molecule has 0 saturated carbocycles. The van der Waals surface area contributed by atoms with Crippen LogP contribution in [0, 0.1) is 0 Å². The lowest BCUT2D eigenvalue weighted by Crippen LogP contribution is -2.07. The van der Waals surface area contributed by atoms with Gasteiger partial charge in [0, 0.05) is 0 Å². The summed E-state index contributed by atoms with van der Waals surface area (Å²) in [6.07, 6.45) is 5.00. The quantitative estimate of drug-likeness (QED) is 0.239. The van der Waals surface area contributed by atoms with Gasteiger partial charge in [0.15, 0.2) is 5.75 Å². The fourth-order valence-corrected chi connectivity index (χ4v) is 2.97. The number of rotatable bonds is 3. The molecule has 38 heavy (non-hydrogen) atoms. The second kappa shape index (κ2) is 18.5. The number of ether oxygens (including phenoxy) is 1. The van der Waals surface area contributed by atoms with Gasteiger partial charge in [0.1, 0.15) is 33.4 Å². The number of nitrogens with zero attached hydrogens (tertiary/aromatic N) is 6. The summed E-state index contributed by atoms with van der Waals surface area (Å²) in [5, 5.41) is 18.2. The van der Waals surface area contributed by atoms with E-state index in [9.17, 15) is 0 Å². The van der Waals surface area contributed by atoms with Gasteiger partial charge in [-0.1, -0.05) is 111 Å². The van der Waals surface area contributed by atoms with Gasteiger partial charge in [-0.2, -0.15) is 0 Å². The van der Waals surface area contributed by atoms with Gasteiger partial charge in [-0.05, 0) is 36.4 Å². The molecule has 0 unspecified atom stereocenters. The minimum absolute atomic E-state index is 0.605. The van der Waals surface area contributed by atoms with Crippen LogP contribution < -0.4 is 4.74 Å². The van der Waals surface area contributed by atoms with Crippen molar-refractivity contribution in [3.8, 4) is 17.1 Å². The van der Waals surface area contributed by atoms with Crippen LogP contribution in [0.25, 0.3) is 33.4 Å². The van der Waals surface area contributed by atoms with E-state index in [1.54, 1.807) is 16.7 Å². The van der Waals surface area contributed by atoms with E-state index >= 15 is 0 Å². The average Bonchev–Trinajstić information content (AvgIpc) is 3.54. The Morgan fingerprint density at radius 2 is 0.737 bits per heavy atom. The Hall–Kier alpha value is -3.74. The number of hydrogen-bond acceptors (Lipinski definition) is 5. The largest absolute Gasteiger partial charge is 0.492 e. The molecule has 0 fully saturated rings. The molecule has 2 aromatic heterocycles. The maximum absolute atomic E-state index is 5.68. The molecule has 206 valence electrons. The molecule has 3 aromatic carbocycles. The molecule has 0 atom stereocenters. The van der Waals surface area contributed by atoms with Gasteiger partial charge >= 0.3 is 0 Å². The summed E-state index contributed by atoms with van der Waals surface area (Å²) >= 11 is 0. The molecular formula is C31H46N6O. The molecule has 5 rings (SSSR count). The molecule has 0 bridgehead atoms. The zero-order valence-corrected chi connectivity index (χ0v) is 24.8. The number of aromatic nitrogens is 6. The van der Waals surface area contributed by atoms with Crippen molar-refractivity contribution in [2.75, 3.05) is 7.11 Å². The van der Waals surface area contributed by atoms with E-state index < -0.39 is 0 Å². The van der Waals surface area contributed by atoms with Crippen molar-refractivity contribution < 1.29 is 4.74 Å². The summed E-state index contributed by atoms with van der Waals surface area (Å²) in [5.74, 6) is 0.605. The van der Waals surface area contributed by atoms with Crippen LogP contribution in [0.2, 0.25) is 0 Å².